The van der Waals surface area contributed by atoms with Gasteiger partial charge in [0.2, 0.25) is 5.91 Å². The molecule has 0 spiro atoms. The molecule has 1 heterocycles. The molecule has 0 unspecified atom stereocenters. The van der Waals surface area contributed by atoms with E-state index in [0.717, 1.165) is 37.2 Å². The third kappa shape index (κ3) is 3.29. The second kappa shape index (κ2) is 5.94. The van der Waals surface area contributed by atoms with Gasteiger partial charge in [0.1, 0.15) is 0 Å². The summed E-state index contributed by atoms with van der Waals surface area (Å²) in [6.45, 7) is 5.00. The highest BCUT2D eigenvalue weighted by Gasteiger charge is 2.23. The van der Waals surface area contributed by atoms with Crippen LogP contribution in [0, 0.1) is 6.92 Å². The van der Waals surface area contributed by atoms with Crippen molar-refractivity contribution in [1.29, 1.82) is 0 Å². The number of anilines is 1. The highest BCUT2D eigenvalue weighted by molar-refractivity contribution is 5.94. The summed E-state index contributed by atoms with van der Waals surface area (Å²) in [7, 11) is 0. The average Bonchev–Trinajstić information content (AvgIpc) is 2.38. The lowest BCUT2D eigenvalue weighted by Crippen LogP contribution is -2.44. The van der Waals surface area contributed by atoms with E-state index in [-0.39, 0.29) is 11.9 Å². The van der Waals surface area contributed by atoms with Gasteiger partial charge >= 0.3 is 5.97 Å². The van der Waals surface area contributed by atoms with Gasteiger partial charge in [-0.25, -0.2) is 4.79 Å². The summed E-state index contributed by atoms with van der Waals surface area (Å²) in [5.41, 5.74) is 2.17. The number of carboxylic acids is 1. The molecule has 1 aromatic rings. The lowest BCUT2D eigenvalue weighted by atomic mass is 10.0. The van der Waals surface area contributed by atoms with Crippen LogP contribution < -0.4 is 10.2 Å². The van der Waals surface area contributed by atoms with Crippen molar-refractivity contribution in [2.75, 3.05) is 18.0 Å². The molecule has 1 aromatic carbocycles. The van der Waals surface area contributed by atoms with E-state index in [9.17, 15) is 14.7 Å². The number of carbonyl (C=O) groups is 2. The van der Waals surface area contributed by atoms with Crippen molar-refractivity contribution in [3.8, 4) is 0 Å². The molecule has 0 aromatic heterocycles. The van der Waals surface area contributed by atoms with E-state index < -0.39 is 5.97 Å². The number of amides is 1. The Balaban J connectivity index is 2.12. The van der Waals surface area contributed by atoms with Gasteiger partial charge in [-0.2, -0.15) is 0 Å². The van der Waals surface area contributed by atoms with E-state index in [1.807, 2.05) is 19.1 Å². The molecule has 0 bridgehead atoms. The fourth-order valence-corrected chi connectivity index (χ4v) is 2.64. The summed E-state index contributed by atoms with van der Waals surface area (Å²) >= 11 is 0. The van der Waals surface area contributed by atoms with Crippen LogP contribution in [0.3, 0.4) is 0 Å². The Kier molecular flexibility index (Phi) is 4.27. The number of rotatable bonds is 3. The van der Waals surface area contributed by atoms with Gasteiger partial charge in [-0.05, 0) is 37.5 Å². The zero-order valence-corrected chi connectivity index (χ0v) is 11.8. The zero-order valence-electron chi connectivity index (χ0n) is 11.8. The minimum Gasteiger partial charge on any atom is -0.478 e. The third-order valence-electron chi connectivity index (χ3n) is 3.63. The Morgan fingerprint density at radius 1 is 1.30 bits per heavy atom. The quantitative estimate of drug-likeness (QED) is 0.883. The first-order valence-corrected chi connectivity index (χ1v) is 6.83. The van der Waals surface area contributed by atoms with E-state index >= 15 is 0 Å². The average molecular weight is 276 g/mol. The lowest BCUT2D eigenvalue weighted by molar-refractivity contribution is -0.119. The van der Waals surface area contributed by atoms with Crippen molar-refractivity contribution in [3.63, 3.8) is 0 Å². The molecular formula is C15H20N2O3. The van der Waals surface area contributed by atoms with E-state index in [0.29, 0.717) is 5.56 Å². The monoisotopic (exact) mass is 276 g/mol. The maximum absolute atomic E-state index is 11.3. The molecule has 1 saturated heterocycles. The predicted molar refractivity (Wildman–Crippen MR) is 77.2 cm³/mol. The van der Waals surface area contributed by atoms with Gasteiger partial charge in [-0.15, -0.1) is 0 Å². The molecule has 0 saturated carbocycles. The minimum atomic E-state index is -0.899. The molecule has 0 atom stereocenters. The van der Waals surface area contributed by atoms with Gasteiger partial charge in [0.15, 0.2) is 0 Å². The van der Waals surface area contributed by atoms with E-state index in [4.69, 9.17) is 0 Å². The van der Waals surface area contributed by atoms with E-state index in [1.54, 1.807) is 6.07 Å². The van der Waals surface area contributed by atoms with Crippen LogP contribution in [-0.2, 0) is 4.79 Å². The molecule has 0 aliphatic carbocycles. The Morgan fingerprint density at radius 2 is 1.95 bits per heavy atom. The minimum absolute atomic E-state index is 0.00905. The van der Waals surface area contributed by atoms with Gasteiger partial charge in [-0.1, -0.05) is 6.07 Å². The number of benzene rings is 1. The summed E-state index contributed by atoms with van der Waals surface area (Å²) in [6, 6.07) is 5.59. The van der Waals surface area contributed by atoms with Gasteiger partial charge in [0.25, 0.3) is 0 Å². The maximum Gasteiger partial charge on any atom is 0.337 e. The molecule has 1 fully saturated rings. The third-order valence-corrected chi connectivity index (χ3v) is 3.63. The summed E-state index contributed by atoms with van der Waals surface area (Å²) < 4.78 is 0. The Morgan fingerprint density at radius 3 is 2.50 bits per heavy atom. The number of carbonyl (C=O) groups excluding carboxylic acids is 1. The summed E-state index contributed by atoms with van der Waals surface area (Å²) in [6.07, 6.45) is 1.68. The lowest BCUT2D eigenvalue weighted by Gasteiger charge is -2.34. The summed E-state index contributed by atoms with van der Waals surface area (Å²) in [5, 5.41) is 12.2. The molecule has 5 heteroatoms. The number of hydrogen-bond donors (Lipinski definition) is 2. The van der Waals surface area contributed by atoms with Gasteiger partial charge in [0, 0.05) is 26.1 Å². The molecule has 0 radical (unpaired) electrons. The van der Waals surface area contributed by atoms with Crippen molar-refractivity contribution in [3.05, 3.63) is 29.3 Å². The molecule has 2 N–H and O–H groups in total. The van der Waals surface area contributed by atoms with Crippen molar-refractivity contribution in [1.82, 2.24) is 5.32 Å². The predicted octanol–water partition coefficient (Wildman–Crippen LogP) is 1.80. The van der Waals surface area contributed by atoms with Crippen LogP contribution in [-0.4, -0.2) is 36.1 Å². The number of nitrogens with one attached hydrogen (secondary N) is 1. The molecule has 1 amide bonds. The Labute approximate surface area is 118 Å². The van der Waals surface area contributed by atoms with E-state index in [1.165, 1.54) is 6.92 Å². The second-order valence-electron chi connectivity index (χ2n) is 5.29. The van der Waals surface area contributed by atoms with Crippen LogP contribution in [0.1, 0.15) is 35.7 Å². The SMILES string of the molecule is CC(=O)NC1CCN(c2cc(C)ccc2C(=O)O)CC1. The van der Waals surface area contributed by atoms with Gasteiger partial charge < -0.3 is 15.3 Å². The first-order valence-electron chi connectivity index (χ1n) is 6.83. The normalized spacial score (nSPS) is 16.0. The first kappa shape index (κ1) is 14.4. The summed E-state index contributed by atoms with van der Waals surface area (Å²) in [4.78, 5) is 24.4. The van der Waals surface area contributed by atoms with E-state index in [2.05, 4.69) is 10.2 Å². The van der Waals surface area contributed by atoms with Crippen molar-refractivity contribution >= 4 is 17.6 Å². The highest BCUT2D eigenvalue weighted by Crippen LogP contribution is 2.25. The topological polar surface area (TPSA) is 69.6 Å². The number of carboxylic acid groups (broad SMARTS) is 1. The van der Waals surface area contributed by atoms with Crippen LogP contribution in [0.15, 0.2) is 18.2 Å². The Bertz CT molecular complexity index is 520. The zero-order chi connectivity index (χ0) is 14.7. The van der Waals surface area contributed by atoms with Gasteiger partial charge in [0.05, 0.1) is 11.3 Å². The standard InChI is InChI=1S/C15H20N2O3/c1-10-3-4-13(15(19)20)14(9-10)17-7-5-12(6-8-17)16-11(2)18/h3-4,9,12H,5-8H2,1-2H3,(H,16,18)(H,19,20). The molecular weight excluding hydrogens is 256 g/mol. The fourth-order valence-electron chi connectivity index (χ4n) is 2.64. The molecule has 1 aliphatic rings. The molecule has 2 rings (SSSR count). The largest absolute Gasteiger partial charge is 0.478 e. The molecule has 108 valence electrons. The number of nitrogens with zero attached hydrogens (tertiary/aromatic N) is 1. The second-order valence-corrected chi connectivity index (χ2v) is 5.29. The van der Waals surface area contributed by atoms with Crippen LogP contribution in [0.5, 0.6) is 0 Å². The maximum atomic E-state index is 11.3. The highest BCUT2D eigenvalue weighted by atomic mass is 16.4. The Hall–Kier alpha value is -2.04. The van der Waals surface area contributed by atoms with Crippen LogP contribution in [0.4, 0.5) is 5.69 Å². The number of piperidine rings is 1. The van der Waals surface area contributed by atoms with Crippen molar-refractivity contribution < 1.29 is 14.7 Å². The first-order chi connectivity index (χ1) is 9.47. The number of aromatic carboxylic acids is 1. The number of aryl methyl sites for hydroxylation is 1. The van der Waals surface area contributed by atoms with Crippen molar-refractivity contribution in [2.45, 2.75) is 32.7 Å². The van der Waals surface area contributed by atoms with Crippen molar-refractivity contribution in [2.24, 2.45) is 0 Å². The molecule has 1 aliphatic heterocycles. The van der Waals surface area contributed by atoms with Crippen LogP contribution >= 0.6 is 0 Å². The van der Waals surface area contributed by atoms with Gasteiger partial charge in [-0.3, -0.25) is 4.79 Å². The molecule has 5 nitrogen and oxygen atoms in total. The number of hydrogen-bond acceptors (Lipinski definition) is 3. The molecule has 20 heavy (non-hydrogen) atoms. The summed E-state index contributed by atoms with van der Waals surface area (Å²) in [5.74, 6) is -0.908. The fraction of sp³-hybridized carbons (Fsp3) is 0.467. The smallest absolute Gasteiger partial charge is 0.337 e. The van der Waals surface area contributed by atoms with Crippen LogP contribution in [0.2, 0.25) is 0 Å². The van der Waals surface area contributed by atoms with Crippen LogP contribution in [0.25, 0.3) is 0 Å².